The fourth-order valence-electron chi connectivity index (χ4n) is 1.08. The molecule has 0 saturated carbocycles. The maximum Gasteiger partial charge on any atom is -0.00468 e. The van der Waals surface area contributed by atoms with Crippen LogP contribution in [0.5, 0.6) is 0 Å². The highest BCUT2D eigenvalue weighted by Gasteiger charge is 2.15. The summed E-state index contributed by atoms with van der Waals surface area (Å²) in [6, 6.07) is 0. The Bertz CT molecular complexity index is 105. The summed E-state index contributed by atoms with van der Waals surface area (Å²) in [5.41, 5.74) is 0.469. The zero-order valence-electron chi connectivity index (χ0n) is 8.11. The maximum absolute atomic E-state index is 3.73. The molecular formula is C10H21N. The number of allylic oxidation sites excluding steroid dienone is 1. The van der Waals surface area contributed by atoms with Gasteiger partial charge in [0.2, 0.25) is 0 Å². The van der Waals surface area contributed by atoms with E-state index in [-0.39, 0.29) is 0 Å². The molecule has 1 N–H and O–H groups in total. The third kappa shape index (κ3) is 6.11. The van der Waals surface area contributed by atoms with Crippen LogP contribution in [0.3, 0.4) is 0 Å². The molecule has 0 heterocycles. The first-order valence-electron chi connectivity index (χ1n) is 4.38. The molecule has 0 radical (unpaired) electrons. The van der Waals surface area contributed by atoms with Gasteiger partial charge in [0.1, 0.15) is 0 Å². The Morgan fingerprint density at radius 1 is 1.36 bits per heavy atom. The van der Waals surface area contributed by atoms with Crippen molar-refractivity contribution in [2.75, 3.05) is 13.6 Å². The summed E-state index contributed by atoms with van der Waals surface area (Å²) in [5, 5.41) is 3.17. The van der Waals surface area contributed by atoms with Gasteiger partial charge in [-0.2, -0.15) is 0 Å². The standard InChI is InChI=1S/C10H21N/c1-5-6-7-10(2,3)8-9-11-4/h5,11H,1,6-9H2,2-4H3. The van der Waals surface area contributed by atoms with Crippen LogP contribution in [0.2, 0.25) is 0 Å². The van der Waals surface area contributed by atoms with Crippen LogP contribution in [0.25, 0.3) is 0 Å². The summed E-state index contributed by atoms with van der Waals surface area (Å²) in [6.45, 7) is 9.47. The van der Waals surface area contributed by atoms with Gasteiger partial charge in [0.05, 0.1) is 0 Å². The van der Waals surface area contributed by atoms with Gasteiger partial charge in [-0.3, -0.25) is 0 Å². The van der Waals surface area contributed by atoms with E-state index in [9.17, 15) is 0 Å². The molecule has 0 rings (SSSR count). The van der Waals surface area contributed by atoms with Crippen LogP contribution in [0.15, 0.2) is 12.7 Å². The highest BCUT2D eigenvalue weighted by molar-refractivity contribution is 4.75. The molecule has 1 nitrogen and oxygen atoms in total. The summed E-state index contributed by atoms with van der Waals surface area (Å²) >= 11 is 0. The topological polar surface area (TPSA) is 12.0 Å². The highest BCUT2D eigenvalue weighted by Crippen LogP contribution is 2.25. The van der Waals surface area contributed by atoms with Crippen molar-refractivity contribution in [2.45, 2.75) is 33.1 Å². The van der Waals surface area contributed by atoms with E-state index in [1.54, 1.807) is 0 Å². The molecule has 0 saturated heterocycles. The highest BCUT2D eigenvalue weighted by atomic mass is 14.8. The summed E-state index contributed by atoms with van der Waals surface area (Å²) in [7, 11) is 2.00. The van der Waals surface area contributed by atoms with Crippen molar-refractivity contribution in [1.29, 1.82) is 0 Å². The number of hydrogen-bond acceptors (Lipinski definition) is 1. The van der Waals surface area contributed by atoms with Gasteiger partial charge < -0.3 is 5.32 Å². The zero-order chi connectivity index (χ0) is 8.74. The van der Waals surface area contributed by atoms with Crippen LogP contribution < -0.4 is 5.32 Å². The molecule has 0 aromatic heterocycles. The number of nitrogens with one attached hydrogen (secondary N) is 1. The van der Waals surface area contributed by atoms with E-state index < -0.39 is 0 Å². The Labute approximate surface area is 70.9 Å². The summed E-state index contributed by atoms with van der Waals surface area (Å²) in [5.74, 6) is 0. The lowest BCUT2D eigenvalue weighted by atomic mass is 9.84. The minimum absolute atomic E-state index is 0.469. The Morgan fingerprint density at radius 2 is 2.00 bits per heavy atom. The molecule has 66 valence electrons. The third-order valence-electron chi connectivity index (χ3n) is 2.08. The number of rotatable bonds is 6. The second-order valence-electron chi connectivity index (χ2n) is 3.85. The zero-order valence-corrected chi connectivity index (χ0v) is 8.11. The van der Waals surface area contributed by atoms with Gasteiger partial charge in [-0.05, 0) is 38.3 Å². The largest absolute Gasteiger partial charge is 0.320 e. The van der Waals surface area contributed by atoms with Crippen LogP contribution in [0.4, 0.5) is 0 Å². The van der Waals surface area contributed by atoms with E-state index in [2.05, 4.69) is 25.7 Å². The predicted molar refractivity (Wildman–Crippen MR) is 51.8 cm³/mol. The Morgan fingerprint density at radius 3 is 2.45 bits per heavy atom. The van der Waals surface area contributed by atoms with Crippen LogP contribution in [0.1, 0.15) is 33.1 Å². The SMILES string of the molecule is C=CCCC(C)(C)CCNC. The monoisotopic (exact) mass is 155 g/mol. The molecule has 0 fully saturated rings. The van der Waals surface area contributed by atoms with Gasteiger partial charge in [-0.1, -0.05) is 19.9 Å². The van der Waals surface area contributed by atoms with Crippen LogP contribution in [0, 0.1) is 5.41 Å². The molecule has 0 amide bonds. The van der Waals surface area contributed by atoms with Crippen LogP contribution in [-0.2, 0) is 0 Å². The fourth-order valence-corrected chi connectivity index (χ4v) is 1.08. The smallest absolute Gasteiger partial charge is 0.00468 e. The summed E-state index contributed by atoms with van der Waals surface area (Å²) in [4.78, 5) is 0. The van der Waals surface area contributed by atoms with Gasteiger partial charge in [-0.25, -0.2) is 0 Å². The average molecular weight is 155 g/mol. The normalized spacial score (nSPS) is 11.5. The van der Waals surface area contributed by atoms with Crippen molar-refractivity contribution in [1.82, 2.24) is 5.32 Å². The Balaban J connectivity index is 3.51. The molecule has 0 aliphatic rings. The van der Waals surface area contributed by atoms with Gasteiger partial charge in [0.25, 0.3) is 0 Å². The van der Waals surface area contributed by atoms with Crippen molar-refractivity contribution in [2.24, 2.45) is 5.41 Å². The number of hydrogen-bond donors (Lipinski definition) is 1. The van der Waals surface area contributed by atoms with Crippen LogP contribution in [-0.4, -0.2) is 13.6 Å². The molecule has 11 heavy (non-hydrogen) atoms. The lowest BCUT2D eigenvalue weighted by Crippen LogP contribution is -2.19. The Hall–Kier alpha value is -0.300. The molecular weight excluding hydrogens is 134 g/mol. The quantitative estimate of drug-likeness (QED) is 0.581. The van der Waals surface area contributed by atoms with E-state index in [0.29, 0.717) is 5.41 Å². The molecule has 0 atom stereocenters. The van der Waals surface area contributed by atoms with Crippen molar-refractivity contribution in [3.05, 3.63) is 12.7 Å². The molecule has 0 spiro atoms. The minimum atomic E-state index is 0.469. The Kier molecular flexibility index (Phi) is 5.22. The van der Waals surface area contributed by atoms with Crippen LogP contribution >= 0.6 is 0 Å². The van der Waals surface area contributed by atoms with Gasteiger partial charge >= 0.3 is 0 Å². The summed E-state index contributed by atoms with van der Waals surface area (Å²) in [6.07, 6.45) is 5.63. The first-order chi connectivity index (χ1) is 5.12. The van der Waals surface area contributed by atoms with E-state index in [0.717, 1.165) is 13.0 Å². The van der Waals surface area contributed by atoms with E-state index >= 15 is 0 Å². The molecule has 0 aromatic carbocycles. The first-order valence-corrected chi connectivity index (χ1v) is 4.38. The van der Waals surface area contributed by atoms with Gasteiger partial charge in [0.15, 0.2) is 0 Å². The average Bonchev–Trinajstić information content (AvgIpc) is 1.97. The lowest BCUT2D eigenvalue weighted by Gasteiger charge is -2.23. The van der Waals surface area contributed by atoms with Crippen molar-refractivity contribution < 1.29 is 0 Å². The van der Waals surface area contributed by atoms with Crippen molar-refractivity contribution >= 4 is 0 Å². The van der Waals surface area contributed by atoms with Crippen molar-refractivity contribution in [3.8, 4) is 0 Å². The molecule has 0 unspecified atom stereocenters. The van der Waals surface area contributed by atoms with Gasteiger partial charge in [-0.15, -0.1) is 6.58 Å². The molecule has 0 bridgehead atoms. The van der Waals surface area contributed by atoms with Crippen molar-refractivity contribution in [3.63, 3.8) is 0 Å². The van der Waals surface area contributed by atoms with E-state index in [1.807, 2.05) is 13.1 Å². The van der Waals surface area contributed by atoms with E-state index in [4.69, 9.17) is 0 Å². The molecule has 0 aliphatic carbocycles. The maximum atomic E-state index is 3.73. The minimum Gasteiger partial charge on any atom is -0.320 e. The molecule has 0 aliphatic heterocycles. The first kappa shape index (κ1) is 10.7. The predicted octanol–water partition coefficient (Wildman–Crippen LogP) is 2.59. The fraction of sp³-hybridized carbons (Fsp3) is 0.800. The van der Waals surface area contributed by atoms with Gasteiger partial charge in [0, 0.05) is 0 Å². The summed E-state index contributed by atoms with van der Waals surface area (Å²) < 4.78 is 0. The third-order valence-corrected chi connectivity index (χ3v) is 2.08. The molecule has 0 aromatic rings. The van der Waals surface area contributed by atoms with E-state index in [1.165, 1.54) is 12.8 Å². The second-order valence-corrected chi connectivity index (χ2v) is 3.85. The second kappa shape index (κ2) is 5.36. The lowest BCUT2D eigenvalue weighted by molar-refractivity contribution is 0.308. The molecule has 1 heteroatoms.